The number of hydrogen-bond acceptors (Lipinski definition) is 4. The molecule has 5 nitrogen and oxygen atoms in total. The van der Waals surface area contributed by atoms with Gasteiger partial charge >= 0.3 is 0 Å². The summed E-state index contributed by atoms with van der Waals surface area (Å²) < 4.78 is 22.8. The molecule has 0 heterocycles. The number of benzene rings is 1. The van der Waals surface area contributed by atoms with E-state index in [1.165, 1.54) is 0 Å². The molecule has 0 bridgehead atoms. The quantitative estimate of drug-likeness (QED) is 0.774. The summed E-state index contributed by atoms with van der Waals surface area (Å²) in [5.41, 5.74) is 6.10. The van der Waals surface area contributed by atoms with Gasteiger partial charge in [0.05, 0.1) is 11.8 Å². The Kier molecular flexibility index (Phi) is 5.30. The smallest absolute Gasteiger partial charge is 0.235 e. The molecule has 1 unspecified atom stereocenters. The summed E-state index contributed by atoms with van der Waals surface area (Å²) in [7, 11) is -3.40. The van der Waals surface area contributed by atoms with Crippen LogP contribution in [-0.2, 0) is 14.6 Å². The molecule has 0 aliphatic carbocycles. The lowest BCUT2D eigenvalue weighted by molar-refractivity contribution is -0.119. The molecular weight excluding hydrogens is 252 g/mol. The minimum Gasteiger partial charge on any atom is -0.349 e. The average Bonchev–Trinajstić information content (AvgIpc) is 2.28. The Morgan fingerprint density at radius 1 is 1.33 bits per heavy atom. The van der Waals surface area contributed by atoms with Crippen molar-refractivity contribution in [2.24, 2.45) is 5.73 Å². The standard InChI is InChI=1S/C12H18N2O3S/c1-10(11-5-3-2-4-6-11)14-12(15)9-18(16,17)8-7-13/h2-6,10H,7-9,13H2,1H3,(H,14,15). The highest BCUT2D eigenvalue weighted by Gasteiger charge is 2.17. The van der Waals surface area contributed by atoms with Gasteiger partial charge in [0.25, 0.3) is 0 Å². The van der Waals surface area contributed by atoms with Crippen molar-refractivity contribution in [2.75, 3.05) is 18.1 Å². The highest BCUT2D eigenvalue weighted by molar-refractivity contribution is 7.92. The summed E-state index contributed by atoms with van der Waals surface area (Å²) in [5.74, 6) is -1.18. The topological polar surface area (TPSA) is 89.3 Å². The fourth-order valence-electron chi connectivity index (χ4n) is 1.56. The summed E-state index contributed by atoms with van der Waals surface area (Å²) in [6.07, 6.45) is 0. The molecule has 0 aromatic heterocycles. The van der Waals surface area contributed by atoms with Gasteiger partial charge in [0.1, 0.15) is 5.75 Å². The number of carbonyl (C=O) groups excluding carboxylic acids is 1. The number of rotatable bonds is 6. The van der Waals surface area contributed by atoms with E-state index in [-0.39, 0.29) is 18.3 Å². The molecule has 1 amide bonds. The first kappa shape index (κ1) is 14.7. The molecule has 0 aliphatic heterocycles. The number of carbonyl (C=O) groups is 1. The lowest BCUT2D eigenvalue weighted by Crippen LogP contribution is -2.34. The molecule has 0 spiro atoms. The summed E-state index contributed by atoms with van der Waals surface area (Å²) >= 11 is 0. The van der Waals surface area contributed by atoms with Gasteiger partial charge < -0.3 is 11.1 Å². The van der Waals surface area contributed by atoms with Gasteiger partial charge in [-0.25, -0.2) is 8.42 Å². The number of nitrogens with two attached hydrogens (primary N) is 1. The second-order valence-corrected chi connectivity index (χ2v) is 6.26. The molecule has 6 heteroatoms. The van der Waals surface area contributed by atoms with E-state index in [9.17, 15) is 13.2 Å². The Morgan fingerprint density at radius 3 is 2.50 bits per heavy atom. The molecule has 0 fully saturated rings. The molecule has 0 saturated carbocycles. The maximum absolute atomic E-state index is 11.6. The van der Waals surface area contributed by atoms with Crippen LogP contribution >= 0.6 is 0 Å². The third kappa shape index (κ3) is 4.85. The average molecular weight is 270 g/mol. The maximum atomic E-state index is 11.6. The van der Waals surface area contributed by atoms with E-state index >= 15 is 0 Å². The lowest BCUT2D eigenvalue weighted by Gasteiger charge is -2.14. The molecule has 100 valence electrons. The fourth-order valence-corrected chi connectivity index (χ4v) is 2.55. The summed E-state index contributed by atoms with van der Waals surface area (Å²) in [6, 6.07) is 9.14. The Labute approximate surface area is 107 Å². The number of amides is 1. The van der Waals surface area contributed by atoms with E-state index in [0.29, 0.717) is 0 Å². The van der Waals surface area contributed by atoms with Crippen molar-refractivity contribution in [2.45, 2.75) is 13.0 Å². The Hall–Kier alpha value is -1.40. The Bertz CT molecular complexity index is 485. The van der Waals surface area contributed by atoms with Gasteiger partial charge in [-0.2, -0.15) is 0 Å². The van der Waals surface area contributed by atoms with E-state index in [0.717, 1.165) is 5.56 Å². The molecule has 0 saturated heterocycles. The fraction of sp³-hybridized carbons (Fsp3) is 0.417. The Balaban J connectivity index is 2.56. The molecule has 3 N–H and O–H groups in total. The first-order chi connectivity index (χ1) is 8.44. The largest absolute Gasteiger partial charge is 0.349 e. The van der Waals surface area contributed by atoms with E-state index in [1.54, 1.807) is 0 Å². The van der Waals surface area contributed by atoms with Crippen LogP contribution in [0, 0.1) is 0 Å². The molecular formula is C12H18N2O3S. The number of sulfone groups is 1. The van der Waals surface area contributed by atoms with Crippen LogP contribution in [0.4, 0.5) is 0 Å². The van der Waals surface area contributed by atoms with Crippen molar-refractivity contribution < 1.29 is 13.2 Å². The second-order valence-electron chi connectivity index (χ2n) is 4.08. The van der Waals surface area contributed by atoms with Crippen molar-refractivity contribution in [1.82, 2.24) is 5.32 Å². The van der Waals surface area contributed by atoms with Gasteiger partial charge in [0.15, 0.2) is 9.84 Å². The first-order valence-corrected chi connectivity index (χ1v) is 7.51. The van der Waals surface area contributed by atoms with Crippen molar-refractivity contribution in [3.8, 4) is 0 Å². The molecule has 0 aliphatic rings. The molecule has 1 atom stereocenters. The van der Waals surface area contributed by atoms with Crippen LogP contribution in [0.3, 0.4) is 0 Å². The van der Waals surface area contributed by atoms with Crippen molar-refractivity contribution >= 4 is 15.7 Å². The number of hydrogen-bond donors (Lipinski definition) is 2. The van der Waals surface area contributed by atoms with Crippen molar-refractivity contribution in [3.63, 3.8) is 0 Å². The SMILES string of the molecule is CC(NC(=O)CS(=O)(=O)CCN)c1ccccc1. The van der Waals surface area contributed by atoms with Crippen LogP contribution in [0.15, 0.2) is 30.3 Å². The van der Waals surface area contributed by atoms with Crippen LogP contribution in [-0.4, -0.2) is 32.4 Å². The normalized spacial score (nSPS) is 13.0. The third-order valence-corrected chi connectivity index (χ3v) is 4.02. The van der Waals surface area contributed by atoms with Gasteiger partial charge in [0, 0.05) is 6.54 Å². The highest BCUT2D eigenvalue weighted by Crippen LogP contribution is 2.10. The van der Waals surface area contributed by atoms with Crippen LogP contribution in [0.2, 0.25) is 0 Å². The Morgan fingerprint density at radius 2 is 1.94 bits per heavy atom. The predicted molar refractivity (Wildman–Crippen MR) is 70.7 cm³/mol. The number of nitrogens with one attached hydrogen (secondary N) is 1. The first-order valence-electron chi connectivity index (χ1n) is 5.69. The van der Waals surface area contributed by atoms with E-state index in [2.05, 4.69) is 5.32 Å². The molecule has 0 radical (unpaired) electrons. The van der Waals surface area contributed by atoms with Crippen LogP contribution in [0.25, 0.3) is 0 Å². The summed E-state index contributed by atoms with van der Waals surface area (Å²) in [5, 5.41) is 2.65. The minimum atomic E-state index is -3.40. The molecule has 1 aromatic rings. The third-order valence-electron chi connectivity index (χ3n) is 2.46. The zero-order valence-electron chi connectivity index (χ0n) is 10.3. The monoisotopic (exact) mass is 270 g/mol. The van der Waals surface area contributed by atoms with Crippen molar-refractivity contribution in [1.29, 1.82) is 0 Å². The zero-order valence-corrected chi connectivity index (χ0v) is 11.1. The second kappa shape index (κ2) is 6.51. The van der Waals surface area contributed by atoms with Crippen LogP contribution in [0.5, 0.6) is 0 Å². The lowest BCUT2D eigenvalue weighted by atomic mass is 10.1. The van der Waals surface area contributed by atoms with Gasteiger partial charge in [-0.05, 0) is 12.5 Å². The molecule has 18 heavy (non-hydrogen) atoms. The van der Waals surface area contributed by atoms with Gasteiger partial charge in [-0.1, -0.05) is 30.3 Å². The maximum Gasteiger partial charge on any atom is 0.235 e. The predicted octanol–water partition coefficient (Wildman–Crippen LogP) is 0.237. The summed E-state index contributed by atoms with van der Waals surface area (Å²) in [6.45, 7) is 1.84. The zero-order chi connectivity index (χ0) is 13.6. The van der Waals surface area contributed by atoms with Crippen LogP contribution in [0.1, 0.15) is 18.5 Å². The van der Waals surface area contributed by atoms with E-state index in [4.69, 9.17) is 5.73 Å². The molecule has 1 rings (SSSR count). The van der Waals surface area contributed by atoms with E-state index < -0.39 is 21.5 Å². The summed E-state index contributed by atoms with van der Waals surface area (Å²) in [4.78, 5) is 11.6. The van der Waals surface area contributed by atoms with E-state index in [1.807, 2.05) is 37.3 Å². The van der Waals surface area contributed by atoms with Crippen molar-refractivity contribution in [3.05, 3.63) is 35.9 Å². The van der Waals surface area contributed by atoms with Crippen LogP contribution < -0.4 is 11.1 Å². The molecule has 1 aromatic carbocycles. The van der Waals surface area contributed by atoms with Gasteiger partial charge in [-0.15, -0.1) is 0 Å². The van der Waals surface area contributed by atoms with Gasteiger partial charge in [0.2, 0.25) is 5.91 Å². The van der Waals surface area contributed by atoms with Gasteiger partial charge in [-0.3, -0.25) is 4.79 Å². The minimum absolute atomic E-state index is 0.0316. The highest BCUT2D eigenvalue weighted by atomic mass is 32.2.